The molecule has 3 aromatic rings. The average molecular weight is 467 g/mol. The van der Waals surface area contributed by atoms with E-state index in [-0.39, 0.29) is 11.9 Å². The van der Waals surface area contributed by atoms with Gasteiger partial charge in [0, 0.05) is 30.9 Å². The molecule has 0 aromatic heterocycles. The fourth-order valence-electron chi connectivity index (χ4n) is 4.49. The first kappa shape index (κ1) is 24.0. The van der Waals surface area contributed by atoms with Crippen molar-refractivity contribution in [3.63, 3.8) is 0 Å². The third kappa shape index (κ3) is 6.27. The number of anilines is 1. The molecular weight excluding hydrogens is 436 g/mol. The van der Waals surface area contributed by atoms with Gasteiger partial charge in [-0.05, 0) is 73.1 Å². The van der Waals surface area contributed by atoms with Gasteiger partial charge in [0.25, 0.3) is 5.91 Å². The van der Waals surface area contributed by atoms with Gasteiger partial charge in [0.15, 0.2) is 0 Å². The van der Waals surface area contributed by atoms with Gasteiger partial charge >= 0.3 is 6.03 Å². The van der Waals surface area contributed by atoms with Crippen LogP contribution in [0.5, 0.6) is 0 Å². The maximum absolute atomic E-state index is 13.3. The summed E-state index contributed by atoms with van der Waals surface area (Å²) in [5.74, 6) is 0.384. The summed E-state index contributed by atoms with van der Waals surface area (Å²) in [6, 6.07) is 25.1. The normalized spacial score (nSPS) is 13.7. The number of hydrogen-bond donors (Lipinski definition) is 2. The number of hydrogen-bond acceptors (Lipinski definition) is 3. The number of amides is 3. The molecule has 1 aliphatic heterocycles. The highest BCUT2D eigenvalue weighted by Crippen LogP contribution is 2.29. The van der Waals surface area contributed by atoms with E-state index < -0.39 is 0 Å². The topological polar surface area (TPSA) is 85.2 Å². The molecule has 0 saturated carbocycles. The van der Waals surface area contributed by atoms with Crippen molar-refractivity contribution in [2.45, 2.75) is 32.1 Å². The Morgan fingerprint density at radius 2 is 1.71 bits per heavy atom. The van der Waals surface area contributed by atoms with Crippen molar-refractivity contribution in [3.05, 3.63) is 101 Å². The molecule has 1 heterocycles. The van der Waals surface area contributed by atoms with Gasteiger partial charge in [-0.15, -0.1) is 0 Å². The Hall–Kier alpha value is -4.11. The van der Waals surface area contributed by atoms with Crippen molar-refractivity contribution in [1.82, 2.24) is 10.2 Å². The smallest absolute Gasteiger partial charge is 0.319 e. The zero-order chi connectivity index (χ0) is 24.6. The van der Waals surface area contributed by atoms with Gasteiger partial charge in [-0.2, -0.15) is 5.26 Å². The summed E-state index contributed by atoms with van der Waals surface area (Å²) in [5, 5.41) is 14.7. The molecule has 0 atom stereocenters. The van der Waals surface area contributed by atoms with Crippen molar-refractivity contribution < 1.29 is 9.59 Å². The van der Waals surface area contributed by atoms with Gasteiger partial charge in [0.2, 0.25) is 0 Å². The first-order valence-electron chi connectivity index (χ1n) is 12.0. The molecule has 3 amide bonds. The quantitative estimate of drug-likeness (QED) is 0.520. The standard InChI is InChI=1S/C29H30N4O2/c1-21-7-12-26(32-29(35)31-16-13-22-5-3-2-4-6-22)19-27(21)28(34)33-17-14-25(15-18-33)24-10-8-23(20-30)9-11-24/h2-12,19,25H,13-18H2,1H3,(H2,31,32,35). The Morgan fingerprint density at radius 3 is 2.40 bits per heavy atom. The first-order valence-corrected chi connectivity index (χ1v) is 12.0. The minimum absolute atomic E-state index is 0.00563. The molecule has 178 valence electrons. The number of benzene rings is 3. The van der Waals surface area contributed by atoms with Crippen LogP contribution >= 0.6 is 0 Å². The van der Waals surface area contributed by atoms with E-state index in [9.17, 15) is 9.59 Å². The van der Waals surface area contributed by atoms with E-state index in [0.29, 0.717) is 42.4 Å². The number of aryl methyl sites for hydroxylation is 1. The van der Waals surface area contributed by atoms with Gasteiger partial charge in [0.1, 0.15) is 0 Å². The lowest BCUT2D eigenvalue weighted by Crippen LogP contribution is -2.38. The second-order valence-electron chi connectivity index (χ2n) is 8.95. The number of rotatable bonds is 6. The molecule has 2 N–H and O–H groups in total. The molecule has 1 saturated heterocycles. The molecule has 0 unspecified atom stereocenters. The third-order valence-electron chi connectivity index (χ3n) is 6.56. The molecular formula is C29H30N4O2. The van der Waals surface area contributed by atoms with E-state index in [1.54, 1.807) is 6.07 Å². The first-order chi connectivity index (χ1) is 17.0. The maximum atomic E-state index is 13.3. The van der Waals surface area contributed by atoms with Crippen LogP contribution in [0.25, 0.3) is 0 Å². The summed E-state index contributed by atoms with van der Waals surface area (Å²) >= 11 is 0. The zero-order valence-corrected chi connectivity index (χ0v) is 20.0. The predicted molar refractivity (Wildman–Crippen MR) is 137 cm³/mol. The third-order valence-corrected chi connectivity index (χ3v) is 6.56. The molecule has 6 nitrogen and oxygen atoms in total. The molecule has 3 aromatic carbocycles. The van der Waals surface area contributed by atoms with Crippen LogP contribution in [0.1, 0.15) is 51.4 Å². The molecule has 0 radical (unpaired) electrons. The largest absolute Gasteiger partial charge is 0.339 e. The Labute approximate surface area is 206 Å². The second kappa shape index (κ2) is 11.3. The lowest BCUT2D eigenvalue weighted by molar-refractivity contribution is 0.0712. The van der Waals surface area contributed by atoms with Crippen molar-refractivity contribution in [1.29, 1.82) is 5.26 Å². The monoisotopic (exact) mass is 466 g/mol. The SMILES string of the molecule is Cc1ccc(NC(=O)NCCc2ccccc2)cc1C(=O)N1CCC(c2ccc(C#N)cc2)CC1. The molecule has 0 aliphatic carbocycles. The lowest BCUT2D eigenvalue weighted by Gasteiger charge is -2.32. The molecule has 0 spiro atoms. The van der Waals surface area contributed by atoms with Gasteiger partial charge in [0.05, 0.1) is 11.6 Å². The maximum Gasteiger partial charge on any atom is 0.319 e. The van der Waals surface area contributed by atoms with Gasteiger partial charge in [-0.1, -0.05) is 48.5 Å². The summed E-state index contributed by atoms with van der Waals surface area (Å²) in [4.78, 5) is 27.5. The number of carbonyl (C=O) groups is 2. The predicted octanol–water partition coefficient (Wildman–Crippen LogP) is 5.25. The van der Waals surface area contributed by atoms with E-state index in [4.69, 9.17) is 5.26 Å². The van der Waals surface area contributed by atoms with Crippen LogP contribution in [0.3, 0.4) is 0 Å². The van der Waals surface area contributed by atoms with Crippen LogP contribution in [0.15, 0.2) is 72.8 Å². The molecule has 1 fully saturated rings. The van der Waals surface area contributed by atoms with Crippen molar-refractivity contribution in [2.75, 3.05) is 25.0 Å². The van der Waals surface area contributed by atoms with Gasteiger partial charge in [-0.25, -0.2) is 4.79 Å². The fourth-order valence-corrected chi connectivity index (χ4v) is 4.49. The Kier molecular flexibility index (Phi) is 7.79. The van der Waals surface area contributed by atoms with Crippen LogP contribution in [-0.2, 0) is 6.42 Å². The zero-order valence-electron chi connectivity index (χ0n) is 20.0. The Balaban J connectivity index is 1.31. The van der Waals surface area contributed by atoms with Crippen LogP contribution in [0.4, 0.5) is 10.5 Å². The number of carbonyl (C=O) groups excluding carboxylic acids is 2. The molecule has 0 bridgehead atoms. The van der Waals surface area contributed by atoms with Gasteiger partial charge in [-0.3, -0.25) is 4.79 Å². The molecule has 35 heavy (non-hydrogen) atoms. The van der Waals surface area contributed by atoms with Crippen LogP contribution in [0.2, 0.25) is 0 Å². The average Bonchev–Trinajstić information content (AvgIpc) is 2.90. The Morgan fingerprint density at radius 1 is 1.00 bits per heavy atom. The molecule has 4 rings (SSSR count). The van der Waals surface area contributed by atoms with Crippen LogP contribution in [0, 0.1) is 18.3 Å². The van der Waals surface area contributed by atoms with E-state index in [1.807, 2.05) is 78.6 Å². The summed E-state index contributed by atoms with van der Waals surface area (Å²) in [5.41, 5.74) is 5.15. The molecule has 6 heteroatoms. The van der Waals surface area contributed by atoms with Crippen LogP contribution < -0.4 is 10.6 Å². The number of nitriles is 1. The lowest BCUT2D eigenvalue weighted by atomic mass is 9.88. The Bertz CT molecular complexity index is 1210. The summed E-state index contributed by atoms with van der Waals surface area (Å²) in [7, 11) is 0. The highest BCUT2D eigenvalue weighted by molar-refractivity contribution is 5.98. The van der Waals surface area contributed by atoms with Crippen molar-refractivity contribution in [3.8, 4) is 6.07 Å². The number of nitrogens with zero attached hydrogens (tertiary/aromatic N) is 2. The van der Waals surface area contributed by atoms with Gasteiger partial charge < -0.3 is 15.5 Å². The summed E-state index contributed by atoms with van der Waals surface area (Å²) in [6.45, 7) is 3.81. The highest BCUT2D eigenvalue weighted by Gasteiger charge is 2.25. The number of nitrogens with one attached hydrogen (secondary N) is 2. The summed E-state index contributed by atoms with van der Waals surface area (Å²) in [6.07, 6.45) is 2.53. The van der Waals surface area contributed by atoms with E-state index in [0.717, 1.165) is 24.8 Å². The van der Waals surface area contributed by atoms with Crippen LogP contribution in [-0.4, -0.2) is 36.5 Å². The minimum Gasteiger partial charge on any atom is -0.339 e. The minimum atomic E-state index is -0.286. The van der Waals surface area contributed by atoms with Crippen molar-refractivity contribution in [2.24, 2.45) is 0 Å². The number of urea groups is 1. The number of likely N-dealkylation sites (tertiary alicyclic amines) is 1. The fraction of sp³-hybridized carbons (Fsp3) is 0.276. The van der Waals surface area contributed by atoms with E-state index >= 15 is 0 Å². The molecule has 1 aliphatic rings. The second-order valence-corrected chi connectivity index (χ2v) is 8.95. The van der Waals surface area contributed by atoms with Crippen molar-refractivity contribution >= 4 is 17.6 Å². The van der Waals surface area contributed by atoms with E-state index in [2.05, 4.69) is 16.7 Å². The highest BCUT2D eigenvalue weighted by atomic mass is 16.2. The van der Waals surface area contributed by atoms with E-state index in [1.165, 1.54) is 11.1 Å². The number of piperidine rings is 1. The summed E-state index contributed by atoms with van der Waals surface area (Å²) < 4.78 is 0.